The standard InChI is InChI=1S/C13H27N3S/c1-6-16(7-2)8-11(5)14-13-15-12(9-17-13)10(3)4/h10-12H,6-9H2,1-5H3,(H,14,15). The molecule has 17 heavy (non-hydrogen) atoms. The first-order valence-corrected chi connectivity index (χ1v) is 7.74. The lowest BCUT2D eigenvalue weighted by Gasteiger charge is -2.23. The topological polar surface area (TPSA) is 27.6 Å². The van der Waals surface area contributed by atoms with Crippen LogP contribution in [0.4, 0.5) is 0 Å². The minimum absolute atomic E-state index is 0.479. The summed E-state index contributed by atoms with van der Waals surface area (Å²) in [6.45, 7) is 14.5. The predicted octanol–water partition coefficient (Wildman–Crippen LogP) is 2.43. The lowest BCUT2D eigenvalue weighted by Crippen LogP contribution is -2.40. The molecule has 3 nitrogen and oxygen atoms in total. The van der Waals surface area contributed by atoms with Gasteiger partial charge >= 0.3 is 0 Å². The summed E-state index contributed by atoms with van der Waals surface area (Å²) >= 11 is 1.87. The van der Waals surface area contributed by atoms with E-state index in [0.29, 0.717) is 18.0 Å². The van der Waals surface area contributed by atoms with Crippen molar-refractivity contribution in [2.75, 3.05) is 25.4 Å². The fraction of sp³-hybridized carbons (Fsp3) is 0.923. The fourth-order valence-electron chi connectivity index (χ4n) is 1.94. The summed E-state index contributed by atoms with van der Waals surface area (Å²) < 4.78 is 0. The highest BCUT2D eigenvalue weighted by molar-refractivity contribution is 8.14. The average molecular weight is 257 g/mol. The zero-order valence-corrected chi connectivity index (χ0v) is 12.7. The second-order valence-electron chi connectivity index (χ2n) is 5.09. The van der Waals surface area contributed by atoms with Gasteiger partial charge in [-0.05, 0) is 25.9 Å². The van der Waals surface area contributed by atoms with Crippen molar-refractivity contribution in [1.29, 1.82) is 0 Å². The van der Waals surface area contributed by atoms with Crippen LogP contribution in [-0.4, -0.2) is 47.5 Å². The Morgan fingerprint density at radius 1 is 1.35 bits per heavy atom. The second kappa shape index (κ2) is 7.27. The molecule has 0 fully saturated rings. The minimum Gasteiger partial charge on any atom is -0.361 e. The minimum atomic E-state index is 0.479. The van der Waals surface area contributed by atoms with Crippen LogP contribution in [0.1, 0.15) is 34.6 Å². The molecule has 0 spiro atoms. The van der Waals surface area contributed by atoms with Gasteiger partial charge in [0.1, 0.15) is 0 Å². The number of hydrogen-bond acceptors (Lipinski definition) is 4. The zero-order valence-electron chi connectivity index (χ0n) is 11.9. The van der Waals surface area contributed by atoms with Gasteiger partial charge in [-0.15, -0.1) is 0 Å². The number of thioether (sulfide) groups is 1. The summed E-state index contributed by atoms with van der Waals surface area (Å²) in [7, 11) is 0. The molecule has 0 aromatic heterocycles. The zero-order chi connectivity index (χ0) is 12.8. The van der Waals surface area contributed by atoms with Crippen LogP contribution in [-0.2, 0) is 0 Å². The summed E-state index contributed by atoms with van der Waals surface area (Å²) in [6.07, 6.45) is 0. The molecule has 0 aromatic carbocycles. The molecule has 0 saturated carbocycles. The van der Waals surface area contributed by atoms with Gasteiger partial charge in [0.05, 0.1) is 6.04 Å². The third-order valence-corrected chi connectivity index (χ3v) is 4.24. The van der Waals surface area contributed by atoms with Crippen molar-refractivity contribution in [3.63, 3.8) is 0 Å². The number of nitrogens with one attached hydrogen (secondary N) is 1. The van der Waals surface area contributed by atoms with Crippen LogP contribution in [0, 0.1) is 5.92 Å². The number of aliphatic imine (C=N–C) groups is 1. The van der Waals surface area contributed by atoms with Gasteiger partial charge in [0, 0.05) is 18.3 Å². The maximum Gasteiger partial charge on any atom is 0.157 e. The lowest BCUT2D eigenvalue weighted by atomic mass is 10.1. The average Bonchev–Trinajstić information content (AvgIpc) is 2.74. The van der Waals surface area contributed by atoms with E-state index in [2.05, 4.69) is 44.8 Å². The smallest absolute Gasteiger partial charge is 0.157 e. The molecule has 1 rings (SSSR count). The SMILES string of the molecule is CCN(CC)CC(C)NC1=NC(C(C)C)CS1. The first-order chi connectivity index (χ1) is 8.06. The van der Waals surface area contributed by atoms with E-state index in [-0.39, 0.29) is 0 Å². The first-order valence-electron chi connectivity index (χ1n) is 6.76. The predicted molar refractivity (Wildman–Crippen MR) is 78.9 cm³/mol. The third kappa shape index (κ3) is 4.88. The molecule has 1 N–H and O–H groups in total. The number of nitrogens with zero attached hydrogens (tertiary/aromatic N) is 2. The van der Waals surface area contributed by atoms with Gasteiger partial charge in [-0.2, -0.15) is 0 Å². The van der Waals surface area contributed by atoms with Crippen LogP contribution >= 0.6 is 11.8 Å². The Bertz CT molecular complexity index is 249. The lowest BCUT2D eigenvalue weighted by molar-refractivity contribution is 0.282. The molecule has 1 aliphatic heterocycles. The van der Waals surface area contributed by atoms with Gasteiger partial charge in [0.15, 0.2) is 5.17 Å². The number of hydrogen-bond donors (Lipinski definition) is 1. The Balaban J connectivity index is 2.36. The molecule has 0 amide bonds. The molecular formula is C13H27N3S. The molecule has 0 aliphatic carbocycles. The van der Waals surface area contributed by atoms with Crippen LogP contribution < -0.4 is 5.32 Å². The molecule has 2 atom stereocenters. The Kier molecular flexibility index (Phi) is 6.34. The first kappa shape index (κ1) is 14.8. The van der Waals surface area contributed by atoms with Gasteiger partial charge < -0.3 is 10.2 Å². The molecule has 2 unspecified atom stereocenters. The summed E-state index contributed by atoms with van der Waals surface area (Å²) in [4.78, 5) is 7.18. The molecule has 0 aromatic rings. The monoisotopic (exact) mass is 257 g/mol. The van der Waals surface area contributed by atoms with E-state index in [0.717, 1.165) is 30.6 Å². The summed E-state index contributed by atoms with van der Waals surface area (Å²) in [6, 6.07) is 0.982. The van der Waals surface area contributed by atoms with Gasteiger partial charge in [0.2, 0.25) is 0 Å². The fourth-order valence-corrected chi connectivity index (χ4v) is 3.22. The van der Waals surface area contributed by atoms with Crippen molar-refractivity contribution in [1.82, 2.24) is 10.2 Å². The van der Waals surface area contributed by atoms with E-state index < -0.39 is 0 Å². The normalized spacial score (nSPS) is 22.1. The van der Waals surface area contributed by atoms with Gasteiger partial charge in [-0.3, -0.25) is 4.99 Å². The Morgan fingerprint density at radius 2 is 2.00 bits per heavy atom. The van der Waals surface area contributed by atoms with Gasteiger partial charge in [0.25, 0.3) is 0 Å². The van der Waals surface area contributed by atoms with Crippen molar-refractivity contribution >= 4 is 16.9 Å². The number of rotatable bonds is 6. The Hall–Kier alpha value is -0.220. The molecule has 1 aliphatic rings. The van der Waals surface area contributed by atoms with E-state index in [1.165, 1.54) is 0 Å². The van der Waals surface area contributed by atoms with Crippen LogP contribution in [0.25, 0.3) is 0 Å². The molecular weight excluding hydrogens is 230 g/mol. The highest BCUT2D eigenvalue weighted by Crippen LogP contribution is 2.22. The Morgan fingerprint density at radius 3 is 2.47 bits per heavy atom. The molecule has 100 valence electrons. The van der Waals surface area contributed by atoms with E-state index in [9.17, 15) is 0 Å². The number of likely N-dealkylation sites (N-methyl/N-ethyl adjacent to an activating group) is 1. The van der Waals surface area contributed by atoms with Crippen LogP contribution in [0.2, 0.25) is 0 Å². The van der Waals surface area contributed by atoms with Crippen molar-refractivity contribution in [2.45, 2.75) is 46.7 Å². The van der Waals surface area contributed by atoms with Crippen LogP contribution in [0.15, 0.2) is 4.99 Å². The maximum atomic E-state index is 4.74. The molecule has 4 heteroatoms. The van der Waals surface area contributed by atoms with E-state index >= 15 is 0 Å². The third-order valence-electron chi connectivity index (χ3n) is 3.24. The van der Waals surface area contributed by atoms with E-state index in [1.807, 2.05) is 11.8 Å². The second-order valence-corrected chi connectivity index (χ2v) is 6.10. The van der Waals surface area contributed by atoms with Gasteiger partial charge in [-0.25, -0.2) is 0 Å². The molecule has 0 saturated heterocycles. The van der Waals surface area contributed by atoms with Crippen molar-refractivity contribution < 1.29 is 0 Å². The quantitative estimate of drug-likeness (QED) is 0.792. The highest BCUT2D eigenvalue weighted by atomic mass is 32.2. The van der Waals surface area contributed by atoms with Crippen molar-refractivity contribution in [3.8, 4) is 0 Å². The number of amidine groups is 1. The van der Waals surface area contributed by atoms with E-state index in [1.54, 1.807) is 0 Å². The molecule has 0 bridgehead atoms. The Labute approximate surface area is 110 Å². The van der Waals surface area contributed by atoms with E-state index in [4.69, 9.17) is 4.99 Å². The van der Waals surface area contributed by atoms with Crippen LogP contribution in [0.3, 0.4) is 0 Å². The molecule has 0 radical (unpaired) electrons. The highest BCUT2D eigenvalue weighted by Gasteiger charge is 2.22. The van der Waals surface area contributed by atoms with Crippen molar-refractivity contribution in [3.05, 3.63) is 0 Å². The van der Waals surface area contributed by atoms with Gasteiger partial charge in [-0.1, -0.05) is 39.5 Å². The largest absolute Gasteiger partial charge is 0.361 e. The maximum absolute atomic E-state index is 4.74. The molecule has 1 heterocycles. The van der Waals surface area contributed by atoms with Crippen LogP contribution in [0.5, 0.6) is 0 Å². The summed E-state index contributed by atoms with van der Waals surface area (Å²) in [5.74, 6) is 1.79. The van der Waals surface area contributed by atoms with Crippen molar-refractivity contribution in [2.24, 2.45) is 10.9 Å². The summed E-state index contributed by atoms with van der Waals surface area (Å²) in [5.41, 5.74) is 0. The summed E-state index contributed by atoms with van der Waals surface area (Å²) in [5, 5.41) is 4.68.